The molecule has 86 valence electrons. The first-order chi connectivity index (χ1) is 8.08. The highest BCUT2D eigenvalue weighted by Gasteiger charge is 2.29. The van der Waals surface area contributed by atoms with Crippen molar-refractivity contribution in [3.05, 3.63) is 42.1 Å². The Morgan fingerprint density at radius 2 is 1.94 bits per heavy atom. The highest BCUT2D eigenvalue weighted by Crippen LogP contribution is 2.26. The van der Waals surface area contributed by atoms with E-state index in [-0.39, 0.29) is 10.7 Å². The molecule has 1 aromatic carbocycles. The summed E-state index contributed by atoms with van der Waals surface area (Å²) in [5.41, 5.74) is 6.03. The van der Waals surface area contributed by atoms with Gasteiger partial charge >= 0.3 is 0 Å². The summed E-state index contributed by atoms with van der Waals surface area (Å²) in [7, 11) is -3.61. The second-order valence-corrected chi connectivity index (χ2v) is 5.14. The first-order valence-corrected chi connectivity index (χ1v) is 6.28. The number of hydrogen-bond acceptors (Lipinski definition) is 4. The van der Waals surface area contributed by atoms with Crippen molar-refractivity contribution in [1.82, 2.24) is 9.78 Å². The van der Waals surface area contributed by atoms with Gasteiger partial charge in [0.1, 0.15) is 10.7 Å². The zero-order chi connectivity index (χ0) is 12.0. The average molecular weight is 248 g/mol. The molecule has 0 atom stereocenters. The minimum Gasteiger partial charge on any atom is -0.382 e. The van der Waals surface area contributed by atoms with Crippen LogP contribution in [0.4, 0.5) is 5.82 Å². The Kier molecular flexibility index (Phi) is 1.87. The van der Waals surface area contributed by atoms with E-state index in [1.165, 1.54) is 10.7 Å². The van der Waals surface area contributed by atoms with Crippen LogP contribution in [0.15, 0.2) is 45.8 Å². The van der Waals surface area contributed by atoms with Crippen LogP contribution in [0.25, 0.3) is 0 Å². The number of hydrogen-bond donors (Lipinski definition) is 1. The van der Waals surface area contributed by atoms with E-state index in [1.807, 2.05) is 0 Å². The molecule has 7 heteroatoms. The van der Waals surface area contributed by atoms with Crippen LogP contribution in [0.3, 0.4) is 0 Å². The van der Waals surface area contributed by atoms with E-state index in [1.54, 1.807) is 30.5 Å². The fourth-order valence-electron chi connectivity index (χ4n) is 1.71. The number of nitrogens with two attached hydrogens (primary N) is 1. The zero-order valence-electron chi connectivity index (χ0n) is 8.61. The lowest BCUT2D eigenvalue weighted by atomic mass is 10.2. The molecule has 0 radical (unpaired) electrons. The molecule has 1 aliphatic rings. The summed E-state index contributed by atoms with van der Waals surface area (Å²) in [5, 5.41) is 3.96. The van der Waals surface area contributed by atoms with Crippen molar-refractivity contribution < 1.29 is 8.42 Å². The number of aromatic nitrogens is 2. The van der Waals surface area contributed by atoms with Gasteiger partial charge in [0.05, 0.1) is 0 Å². The largest absolute Gasteiger partial charge is 0.382 e. The van der Waals surface area contributed by atoms with Crippen LogP contribution < -0.4 is 5.73 Å². The van der Waals surface area contributed by atoms with Crippen LogP contribution >= 0.6 is 0 Å². The third kappa shape index (κ3) is 1.43. The minimum atomic E-state index is -3.61. The van der Waals surface area contributed by atoms with Gasteiger partial charge in [0.2, 0.25) is 0 Å². The maximum Gasteiger partial charge on any atom is 0.285 e. The van der Waals surface area contributed by atoms with E-state index in [9.17, 15) is 8.42 Å². The molecule has 0 aliphatic carbocycles. The molecule has 2 heterocycles. The maximum atomic E-state index is 11.8. The van der Waals surface area contributed by atoms with E-state index >= 15 is 0 Å². The summed E-state index contributed by atoms with van der Waals surface area (Å²) in [6, 6.07) is 8.20. The normalized spacial score (nSPS) is 16.6. The molecule has 6 nitrogen and oxygen atoms in total. The monoisotopic (exact) mass is 248 g/mol. The molecule has 17 heavy (non-hydrogen) atoms. The quantitative estimate of drug-likeness (QED) is 0.733. The van der Waals surface area contributed by atoms with Gasteiger partial charge in [-0.2, -0.15) is 8.42 Å². The summed E-state index contributed by atoms with van der Waals surface area (Å²) >= 11 is 0. The SMILES string of the molecule is Nc1ccn(C2=NS(=O)(=O)c3ccccc32)n1. The molecule has 0 spiro atoms. The third-order valence-electron chi connectivity index (χ3n) is 2.44. The van der Waals surface area contributed by atoms with Gasteiger partial charge in [-0.25, -0.2) is 4.68 Å². The maximum absolute atomic E-state index is 11.8. The number of benzene rings is 1. The summed E-state index contributed by atoms with van der Waals surface area (Å²) in [4.78, 5) is 0.198. The standard InChI is InChI=1S/C10H8N4O2S/c11-9-5-6-14(12-9)10-7-3-1-2-4-8(7)17(15,16)13-10/h1-6H,(H2,11,12). The number of fused-ring (bicyclic) bond motifs is 1. The number of sulfonamides is 1. The van der Waals surface area contributed by atoms with Gasteiger partial charge in [-0.05, 0) is 12.1 Å². The smallest absolute Gasteiger partial charge is 0.285 e. The lowest BCUT2D eigenvalue weighted by Gasteiger charge is -2.00. The summed E-state index contributed by atoms with van der Waals surface area (Å²) in [5.74, 6) is 0.590. The van der Waals surface area contributed by atoms with E-state index in [0.29, 0.717) is 11.4 Å². The summed E-state index contributed by atoms with van der Waals surface area (Å²) in [6.07, 6.45) is 1.58. The molecular formula is C10H8N4O2S. The Balaban J connectivity index is 2.27. The zero-order valence-corrected chi connectivity index (χ0v) is 9.42. The van der Waals surface area contributed by atoms with Crippen molar-refractivity contribution in [2.75, 3.05) is 5.73 Å². The number of nitrogens with zero attached hydrogens (tertiary/aromatic N) is 3. The van der Waals surface area contributed by atoms with Gasteiger partial charge in [-0.3, -0.25) is 0 Å². The minimum absolute atomic E-state index is 0.198. The first-order valence-electron chi connectivity index (χ1n) is 4.84. The topological polar surface area (TPSA) is 90.3 Å². The van der Waals surface area contributed by atoms with Crippen molar-refractivity contribution in [2.45, 2.75) is 4.90 Å². The van der Waals surface area contributed by atoms with Crippen LogP contribution in [0.5, 0.6) is 0 Å². The Morgan fingerprint density at radius 3 is 2.65 bits per heavy atom. The van der Waals surface area contributed by atoms with Gasteiger partial charge in [-0.1, -0.05) is 12.1 Å². The Morgan fingerprint density at radius 1 is 1.18 bits per heavy atom. The molecule has 0 saturated heterocycles. The number of rotatable bonds is 0. The van der Waals surface area contributed by atoms with Gasteiger partial charge in [-0.15, -0.1) is 9.50 Å². The Bertz CT molecular complexity index is 730. The van der Waals surface area contributed by atoms with E-state index < -0.39 is 10.0 Å². The lowest BCUT2D eigenvalue weighted by Crippen LogP contribution is -2.12. The van der Waals surface area contributed by atoms with E-state index in [0.717, 1.165) is 0 Å². The average Bonchev–Trinajstić information content (AvgIpc) is 2.82. The first kappa shape index (κ1) is 10.0. The van der Waals surface area contributed by atoms with Crippen LogP contribution in [0, 0.1) is 0 Å². The molecule has 3 rings (SSSR count). The van der Waals surface area contributed by atoms with Crippen LogP contribution in [-0.2, 0) is 10.0 Å². The molecular weight excluding hydrogens is 240 g/mol. The van der Waals surface area contributed by atoms with Crippen molar-refractivity contribution >= 4 is 21.7 Å². The number of nitrogen functional groups attached to an aromatic ring is 1. The molecule has 0 fully saturated rings. The Hall–Kier alpha value is -2.15. The number of anilines is 1. The fourth-order valence-corrected chi connectivity index (χ4v) is 2.91. The summed E-state index contributed by atoms with van der Waals surface area (Å²) in [6.45, 7) is 0. The lowest BCUT2D eigenvalue weighted by molar-refractivity contribution is 0.599. The molecule has 1 aliphatic heterocycles. The van der Waals surface area contributed by atoms with Gasteiger partial charge in [0.25, 0.3) is 10.0 Å². The molecule has 0 amide bonds. The van der Waals surface area contributed by atoms with Crippen molar-refractivity contribution in [1.29, 1.82) is 0 Å². The van der Waals surface area contributed by atoms with Gasteiger partial charge < -0.3 is 5.73 Å². The predicted octanol–water partition coefficient (Wildman–Crippen LogP) is 0.463. The molecule has 1 aromatic heterocycles. The van der Waals surface area contributed by atoms with Gasteiger partial charge in [0, 0.05) is 17.8 Å². The highest BCUT2D eigenvalue weighted by molar-refractivity contribution is 7.90. The van der Waals surface area contributed by atoms with Crippen LogP contribution in [0.1, 0.15) is 5.56 Å². The fraction of sp³-hybridized carbons (Fsp3) is 0. The molecule has 0 unspecified atom stereocenters. The summed E-state index contributed by atoms with van der Waals surface area (Å²) < 4.78 is 28.6. The highest BCUT2D eigenvalue weighted by atomic mass is 32.2. The third-order valence-corrected chi connectivity index (χ3v) is 3.76. The molecule has 0 saturated carbocycles. The van der Waals surface area contributed by atoms with E-state index in [4.69, 9.17) is 5.73 Å². The van der Waals surface area contributed by atoms with Crippen molar-refractivity contribution in [3.63, 3.8) is 0 Å². The second-order valence-electron chi connectivity index (χ2n) is 3.57. The second kappa shape index (κ2) is 3.17. The Labute approximate surface area is 97.5 Å². The van der Waals surface area contributed by atoms with E-state index in [2.05, 4.69) is 9.50 Å². The molecule has 2 N–H and O–H groups in total. The van der Waals surface area contributed by atoms with Gasteiger partial charge in [0.15, 0.2) is 5.84 Å². The molecule has 2 aromatic rings. The molecule has 0 bridgehead atoms. The van der Waals surface area contributed by atoms with Crippen LogP contribution in [-0.4, -0.2) is 24.0 Å². The predicted molar refractivity (Wildman–Crippen MR) is 62.2 cm³/mol. The van der Waals surface area contributed by atoms with Crippen molar-refractivity contribution in [3.8, 4) is 0 Å². The van der Waals surface area contributed by atoms with Crippen LogP contribution in [0.2, 0.25) is 0 Å². The van der Waals surface area contributed by atoms with Crippen molar-refractivity contribution in [2.24, 2.45) is 4.40 Å².